The normalized spacial score (nSPS) is 27.4. The van der Waals surface area contributed by atoms with Gasteiger partial charge in [-0.05, 0) is 13.5 Å². The monoisotopic (exact) mass is 169 g/mol. The number of likely N-dealkylation sites (N-methyl/N-ethyl adjacent to an activating group) is 1. The van der Waals surface area contributed by atoms with E-state index in [0.717, 1.165) is 39.1 Å². The lowest BCUT2D eigenvalue weighted by Gasteiger charge is -2.26. The predicted molar refractivity (Wildman–Crippen MR) is 45.2 cm³/mol. The molecule has 0 aliphatic carbocycles. The molecule has 0 N–H and O–H groups in total. The first-order valence-electron chi connectivity index (χ1n) is 4.51. The zero-order valence-corrected chi connectivity index (χ0v) is 7.49. The van der Waals surface area contributed by atoms with Crippen LogP contribution in [0.2, 0.25) is 0 Å². The van der Waals surface area contributed by atoms with Gasteiger partial charge in [0, 0.05) is 26.1 Å². The van der Waals surface area contributed by atoms with Gasteiger partial charge in [-0.25, -0.2) is 5.01 Å². The third-order valence-electron chi connectivity index (χ3n) is 2.53. The van der Waals surface area contributed by atoms with E-state index in [2.05, 4.69) is 17.0 Å². The number of rotatable bonds is 1. The van der Waals surface area contributed by atoms with Gasteiger partial charge < -0.3 is 0 Å². The molecule has 4 nitrogen and oxygen atoms in total. The highest BCUT2D eigenvalue weighted by atomic mass is 16.2. The number of nitrogens with zero attached hydrogens (tertiary/aromatic N) is 3. The van der Waals surface area contributed by atoms with Crippen LogP contribution in [-0.2, 0) is 4.79 Å². The quantitative estimate of drug-likeness (QED) is 0.540. The maximum atomic E-state index is 11.3. The molecule has 0 bridgehead atoms. The van der Waals surface area contributed by atoms with Gasteiger partial charge in [0.25, 0.3) is 0 Å². The summed E-state index contributed by atoms with van der Waals surface area (Å²) >= 11 is 0. The summed E-state index contributed by atoms with van der Waals surface area (Å²) in [6.07, 6.45) is 1.76. The summed E-state index contributed by atoms with van der Waals surface area (Å²) < 4.78 is 0. The van der Waals surface area contributed by atoms with Crippen molar-refractivity contribution in [3.63, 3.8) is 0 Å². The second kappa shape index (κ2) is 3.03. The number of carbonyl (C=O) groups excluding carboxylic acids is 1. The molecule has 0 saturated carbocycles. The van der Waals surface area contributed by atoms with Crippen molar-refractivity contribution in [1.82, 2.24) is 14.9 Å². The summed E-state index contributed by atoms with van der Waals surface area (Å²) in [5.41, 5.74) is 0. The van der Waals surface area contributed by atoms with Crippen molar-refractivity contribution >= 4 is 5.91 Å². The zero-order chi connectivity index (χ0) is 8.55. The van der Waals surface area contributed by atoms with E-state index in [1.54, 1.807) is 0 Å². The Morgan fingerprint density at radius 1 is 1.25 bits per heavy atom. The van der Waals surface area contributed by atoms with Crippen molar-refractivity contribution < 1.29 is 4.79 Å². The standard InChI is InChI=1S/C8H15N3O/c1-9-5-6-10(7-9)11-4-2-3-8(11)12/h2-7H2,1H3. The molecule has 0 unspecified atom stereocenters. The second-order valence-electron chi connectivity index (χ2n) is 3.57. The molecule has 0 spiro atoms. The van der Waals surface area contributed by atoms with Crippen LogP contribution >= 0.6 is 0 Å². The van der Waals surface area contributed by atoms with Gasteiger partial charge >= 0.3 is 0 Å². The fourth-order valence-corrected chi connectivity index (χ4v) is 1.84. The highest BCUT2D eigenvalue weighted by molar-refractivity contribution is 5.77. The lowest BCUT2D eigenvalue weighted by atomic mass is 10.4. The van der Waals surface area contributed by atoms with Crippen LogP contribution in [0.4, 0.5) is 0 Å². The first-order chi connectivity index (χ1) is 5.77. The minimum atomic E-state index is 0.297. The van der Waals surface area contributed by atoms with E-state index in [-0.39, 0.29) is 0 Å². The minimum absolute atomic E-state index is 0.297. The maximum Gasteiger partial charge on any atom is 0.236 e. The van der Waals surface area contributed by atoms with Crippen LogP contribution in [0.5, 0.6) is 0 Å². The van der Waals surface area contributed by atoms with Crippen molar-refractivity contribution in [3.8, 4) is 0 Å². The average molecular weight is 169 g/mol. The van der Waals surface area contributed by atoms with Crippen LogP contribution in [0.15, 0.2) is 0 Å². The molecule has 0 atom stereocenters. The van der Waals surface area contributed by atoms with Gasteiger partial charge in [-0.1, -0.05) is 0 Å². The summed E-state index contributed by atoms with van der Waals surface area (Å²) in [6, 6.07) is 0. The van der Waals surface area contributed by atoms with E-state index in [9.17, 15) is 4.79 Å². The molecule has 12 heavy (non-hydrogen) atoms. The summed E-state index contributed by atoms with van der Waals surface area (Å²) in [7, 11) is 2.08. The van der Waals surface area contributed by atoms with Crippen LogP contribution in [0.3, 0.4) is 0 Å². The first kappa shape index (κ1) is 8.01. The van der Waals surface area contributed by atoms with E-state index >= 15 is 0 Å². The Balaban J connectivity index is 1.96. The third kappa shape index (κ3) is 1.32. The summed E-state index contributed by atoms with van der Waals surface area (Å²) in [4.78, 5) is 13.6. The van der Waals surface area contributed by atoms with Crippen LogP contribution in [0, 0.1) is 0 Å². The largest absolute Gasteiger partial charge is 0.291 e. The van der Waals surface area contributed by atoms with E-state index in [4.69, 9.17) is 0 Å². The van der Waals surface area contributed by atoms with Gasteiger partial charge in [-0.15, -0.1) is 0 Å². The fraction of sp³-hybridized carbons (Fsp3) is 0.875. The van der Waals surface area contributed by atoms with Gasteiger partial charge in [0.15, 0.2) is 0 Å². The second-order valence-corrected chi connectivity index (χ2v) is 3.57. The fourth-order valence-electron chi connectivity index (χ4n) is 1.84. The molecular formula is C8H15N3O. The topological polar surface area (TPSA) is 26.8 Å². The third-order valence-corrected chi connectivity index (χ3v) is 2.53. The van der Waals surface area contributed by atoms with Crippen LogP contribution in [0.1, 0.15) is 12.8 Å². The molecule has 2 fully saturated rings. The van der Waals surface area contributed by atoms with Gasteiger partial charge in [-0.3, -0.25) is 14.7 Å². The SMILES string of the molecule is CN1CCN(N2CCCC2=O)C1. The molecule has 2 aliphatic rings. The minimum Gasteiger partial charge on any atom is -0.291 e. The average Bonchev–Trinajstić information content (AvgIpc) is 2.58. The molecule has 2 rings (SSSR count). The number of amides is 1. The zero-order valence-electron chi connectivity index (χ0n) is 7.49. The Morgan fingerprint density at radius 3 is 2.58 bits per heavy atom. The number of carbonyl (C=O) groups is 1. The van der Waals surface area contributed by atoms with Crippen molar-refractivity contribution in [2.45, 2.75) is 12.8 Å². The predicted octanol–water partition coefficient (Wildman–Crippen LogP) is -0.271. The molecule has 0 radical (unpaired) electrons. The van der Waals surface area contributed by atoms with Crippen molar-refractivity contribution in [3.05, 3.63) is 0 Å². The molecule has 2 saturated heterocycles. The molecular weight excluding hydrogens is 154 g/mol. The van der Waals surface area contributed by atoms with Crippen molar-refractivity contribution in [2.75, 3.05) is 33.4 Å². The van der Waals surface area contributed by atoms with Crippen LogP contribution in [0.25, 0.3) is 0 Å². The van der Waals surface area contributed by atoms with Crippen LogP contribution in [-0.4, -0.2) is 54.2 Å². The number of hydrazine groups is 1. The Morgan fingerprint density at radius 2 is 2.08 bits per heavy atom. The maximum absolute atomic E-state index is 11.3. The number of hydrogen-bond donors (Lipinski definition) is 0. The van der Waals surface area contributed by atoms with E-state index in [0.29, 0.717) is 5.91 Å². The highest BCUT2D eigenvalue weighted by Gasteiger charge is 2.29. The van der Waals surface area contributed by atoms with Gasteiger partial charge in [0.1, 0.15) is 0 Å². The molecule has 0 aromatic heterocycles. The number of hydrogen-bond acceptors (Lipinski definition) is 3. The molecule has 68 valence electrons. The molecule has 0 aromatic carbocycles. The Bertz CT molecular complexity index is 195. The summed E-state index contributed by atoms with van der Waals surface area (Å²) in [6.45, 7) is 3.91. The Labute approximate surface area is 72.7 Å². The summed E-state index contributed by atoms with van der Waals surface area (Å²) in [5, 5.41) is 4.05. The van der Waals surface area contributed by atoms with Gasteiger partial charge in [0.2, 0.25) is 5.91 Å². The first-order valence-corrected chi connectivity index (χ1v) is 4.51. The van der Waals surface area contributed by atoms with Crippen molar-refractivity contribution in [1.29, 1.82) is 0 Å². The van der Waals surface area contributed by atoms with Gasteiger partial charge in [-0.2, -0.15) is 0 Å². The van der Waals surface area contributed by atoms with E-state index in [1.807, 2.05) is 5.01 Å². The molecule has 1 amide bonds. The molecule has 4 heteroatoms. The smallest absolute Gasteiger partial charge is 0.236 e. The van der Waals surface area contributed by atoms with E-state index < -0.39 is 0 Å². The Kier molecular flexibility index (Phi) is 2.02. The van der Waals surface area contributed by atoms with Gasteiger partial charge in [0.05, 0.1) is 6.67 Å². The Hall–Kier alpha value is -0.610. The van der Waals surface area contributed by atoms with E-state index in [1.165, 1.54) is 0 Å². The molecule has 2 aliphatic heterocycles. The molecule has 0 aromatic rings. The summed E-state index contributed by atoms with van der Waals surface area (Å²) in [5.74, 6) is 0.297. The van der Waals surface area contributed by atoms with Crippen molar-refractivity contribution in [2.24, 2.45) is 0 Å². The van der Waals surface area contributed by atoms with Crippen LogP contribution < -0.4 is 0 Å². The lowest BCUT2D eigenvalue weighted by Crippen LogP contribution is -2.42. The molecule has 2 heterocycles. The lowest BCUT2D eigenvalue weighted by molar-refractivity contribution is -0.142. The highest BCUT2D eigenvalue weighted by Crippen LogP contribution is 2.15.